The van der Waals surface area contributed by atoms with E-state index >= 15 is 0 Å². The van der Waals surface area contributed by atoms with Gasteiger partial charge in [0.05, 0.1) is 0 Å². The van der Waals surface area contributed by atoms with Crippen LogP contribution in [0.1, 0.15) is 26.2 Å². The highest BCUT2D eigenvalue weighted by Gasteiger charge is 2.34. The molecule has 0 aliphatic rings. The fraction of sp³-hybridized carbons (Fsp3) is 0.714. The van der Waals surface area contributed by atoms with E-state index in [0.29, 0.717) is 6.42 Å². The van der Waals surface area contributed by atoms with Crippen LogP contribution in [0.4, 0.5) is 13.2 Å². The second-order valence-corrected chi connectivity index (χ2v) is 2.39. The number of halogens is 3. The van der Waals surface area contributed by atoms with Crippen LogP contribution >= 0.6 is 0 Å². The summed E-state index contributed by atoms with van der Waals surface area (Å²) in [7, 11) is 0. The predicted octanol–water partition coefficient (Wildman–Crippen LogP) is 1.81. The lowest BCUT2D eigenvalue weighted by Gasteiger charge is -2.05. The summed E-state index contributed by atoms with van der Waals surface area (Å²) in [5.41, 5.74) is 0. The van der Waals surface area contributed by atoms with Crippen molar-refractivity contribution >= 4 is 11.8 Å². The quantitative estimate of drug-likeness (QED) is 0.511. The molecule has 0 aromatic carbocycles. The third-order valence-electron chi connectivity index (χ3n) is 1.10. The van der Waals surface area contributed by atoms with E-state index in [0.717, 1.165) is 0 Å². The Morgan fingerprint density at radius 3 is 2.23 bits per heavy atom. The number of carbonyl (C=O) groups excluding carboxylic acids is 2. The van der Waals surface area contributed by atoms with Gasteiger partial charge in [-0.2, -0.15) is 0 Å². The number of carbonyl (C=O) groups is 2. The van der Waals surface area contributed by atoms with Crippen molar-refractivity contribution in [2.24, 2.45) is 0 Å². The molecule has 3 nitrogen and oxygen atoms in total. The standard InChI is InChI=1S/C7H9F3O3/c1-2-3-5(11)4-6(12)13-7(8,9)10/h2-4H2,1H3. The second kappa shape index (κ2) is 4.84. The van der Waals surface area contributed by atoms with Crippen molar-refractivity contribution in [3.05, 3.63) is 0 Å². The Balaban J connectivity index is 3.82. The lowest BCUT2D eigenvalue weighted by molar-refractivity contribution is -0.305. The molecule has 0 heterocycles. The van der Waals surface area contributed by atoms with Gasteiger partial charge < -0.3 is 4.74 Å². The summed E-state index contributed by atoms with van der Waals surface area (Å²) in [4.78, 5) is 21.1. The molecule has 0 amide bonds. The van der Waals surface area contributed by atoms with E-state index in [1.807, 2.05) is 0 Å². The summed E-state index contributed by atoms with van der Waals surface area (Å²) in [6, 6.07) is 0. The zero-order valence-corrected chi connectivity index (χ0v) is 6.98. The average Bonchev–Trinajstić information content (AvgIpc) is 1.81. The smallest absolute Gasteiger partial charge is 0.373 e. The lowest BCUT2D eigenvalue weighted by Crippen LogP contribution is -2.21. The minimum Gasteiger partial charge on any atom is -0.373 e. The highest BCUT2D eigenvalue weighted by Crippen LogP contribution is 2.17. The molecule has 0 spiro atoms. The van der Waals surface area contributed by atoms with Gasteiger partial charge >= 0.3 is 12.3 Å². The van der Waals surface area contributed by atoms with Crippen LogP contribution in [-0.4, -0.2) is 18.1 Å². The van der Waals surface area contributed by atoms with Crippen molar-refractivity contribution in [2.45, 2.75) is 32.5 Å². The summed E-state index contributed by atoms with van der Waals surface area (Å²) >= 11 is 0. The summed E-state index contributed by atoms with van der Waals surface area (Å²) in [6.07, 6.45) is -5.22. The van der Waals surface area contributed by atoms with Gasteiger partial charge in [0.25, 0.3) is 0 Å². The van der Waals surface area contributed by atoms with Crippen molar-refractivity contribution in [3.63, 3.8) is 0 Å². The number of Topliss-reactive ketones (excluding diaryl/α,β-unsaturated/α-hetero) is 1. The zero-order valence-electron chi connectivity index (χ0n) is 6.98. The van der Waals surface area contributed by atoms with E-state index in [1.165, 1.54) is 0 Å². The van der Waals surface area contributed by atoms with Crippen LogP contribution in [-0.2, 0) is 14.3 Å². The molecule has 0 unspecified atom stereocenters. The number of hydrogen-bond donors (Lipinski definition) is 0. The Hall–Kier alpha value is -1.07. The van der Waals surface area contributed by atoms with Crippen molar-refractivity contribution in [1.82, 2.24) is 0 Å². The van der Waals surface area contributed by atoms with E-state index in [1.54, 1.807) is 6.92 Å². The van der Waals surface area contributed by atoms with E-state index in [4.69, 9.17) is 0 Å². The molecule has 0 aliphatic carbocycles. The average molecular weight is 198 g/mol. The van der Waals surface area contributed by atoms with Crippen molar-refractivity contribution < 1.29 is 27.5 Å². The number of esters is 1. The molecule has 0 atom stereocenters. The van der Waals surface area contributed by atoms with E-state index in [-0.39, 0.29) is 6.42 Å². The predicted molar refractivity (Wildman–Crippen MR) is 36.7 cm³/mol. The third kappa shape index (κ3) is 7.30. The van der Waals surface area contributed by atoms with Crippen molar-refractivity contribution in [1.29, 1.82) is 0 Å². The first-order chi connectivity index (χ1) is 5.85. The Labute approximate surface area is 72.9 Å². The first kappa shape index (κ1) is 11.9. The topological polar surface area (TPSA) is 43.4 Å². The molecule has 0 fully saturated rings. The minimum atomic E-state index is -5.00. The Morgan fingerprint density at radius 1 is 1.31 bits per heavy atom. The molecular formula is C7H9F3O3. The highest BCUT2D eigenvalue weighted by molar-refractivity contribution is 5.95. The van der Waals surface area contributed by atoms with Gasteiger partial charge in [-0.15, -0.1) is 13.2 Å². The number of ether oxygens (including phenoxy) is 1. The van der Waals surface area contributed by atoms with E-state index in [9.17, 15) is 22.8 Å². The maximum Gasteiger partial charge on any atom is 0.575 e. The van der Waals surface area contributed by atoms with Crippen LogP contribution < -0.4 is 0 Å². The largest absolute Gasteiger partial charge is 0.575 e. The van der Waals surface area contributed by atoms with Gasteiger partial charge in [0.1, 0.15) is 12.2 Å². The molecular weight excluding hydrogens is 189 g/mol. The normalized spacial score (nSPS) is 11.1. The van der Waals surface area contributed by atoms with Crippen LogP contribution in [0.5, 0.6) is 0 Å². The summed E-state index contributed by atoms with van der Waals surface area (Å²) in [5.74, 6) is -2.09. The maximum absolute atomic E-state index is 11.4. The molecule has 0 rings (SSSR count). The van der Waals surface area contributed by atoms with Crippen LogP contribution in [0.2, 0.25) is 0 Å². The van der Waals surface area contributed by atoms with E-state index < -0.39 is 24.5 Å². The summed E-state index contributed by atoms with van der Waals surface area (Å²) < 4.78 is 37.2. The molecule has 13 heavy (non-hydrogen) atoms. The second-order valence-electron chi connectivity index (χ2n) is 2.39. The van der Waals surface area contributed by atoms with Crippen LogP contribution in [0.25, 0.3) is 0 Å². The molecule has 0 N–H and O–H groups in total. The molecule has 0 radical (unpaired) electrons. The molecule has 76 valence electrons. The van der Waals surface area contributed by atoms with Gasteiger partial charge in [0.15, 0.2) is 0 Å². The number of alkyl halides is 3. The monoisotopic (exact) mass is 198 g/mol. The van der Waals surface area contributed by atoms with Gasteiger partial charge in [-0.1, -0.05) is 6.92 Å². The Morgan fingerprint density at radius 2 is 1.85 bits per heavy atom. The van der Waals surface area contributed by atoms with Gasteiger partial charge in [0, 0.05) is 6.42 Å². The minimum absolute atomic E-state index is 0.0902. The van der Waals surface area contributed by atoms with Crippen molar-refractivity contribution in [2.75, 3.05) is 0 Å². The lowest BCUT2D eigenvalue weighted by atomic mass is 10.2. The molecule has 0 saturated heterocycles. The Bertz CT molecular complexity index is 198. The van der Waals surface area contributed by atoms with Crippen LogP contribution in [0.15, 0.2) is 0 Å². The number of ketones is 1. The maximum atomic E-state index is 11.4. The number of hydrogen-bond acceptors (Lipinski definition) is 3. The summed E-state index contributed by atoms with van der Waals surface area (Å²) in [6.45, 7) is 1.69. The van der Waals surface area contributed by atoms with Gasteiger partial charge in [0.2, 0.25) is 0 Å². The first-order valence-corrected chi connectivity index (χ1v) is 3.65. The summed E-state index contributed by atoms with van der Waals surface area (Å²) in [5, 5.41) is 0. The van der Waals surface area contributed by atoms with Crippen molar-refractivity contribution in [3.8, 4) is 0 Å². The fourth-order valence-electron chi connectivity index (χ4n) is 0.693. The zero-order chi connectivity index (χ0) is 10.5. The van der Waals surface area contributed by atoms with Gasteiger partial charge in [-0.05, 0) is 6.42 Å². The van der Waals surface area contributed by atoms with E-state index in [2.05, 4.69) is 4.74 Å². The van der Waals surface area contributed by atoms with Gasteiger partial charge in [-0.3, -0.25) is 9.59 Å². The molecule has 0 aromatic rings. The van der Waals surface area contributed by atoms with Gasteiger partial charge in [-0.25, -0.2) is 0 Å². The third-order valence-corrected chi connectivity index (χ3v) is 1.10. The molecule has 0 aliphatic heterocycles. The first-order valence-electron chi connectivity index (χ1n) is 3.65. The van der Waals surface area contributed by atoms with Crippen LogP contribution in [0.3, 0.4) is 0 Å². The molecule has 0 aromatic heterocycles. The van der Waals surface area contributed by atoms with Crippen LogP contribution in [0, 0.1) is 0 Å². The molecule has 6 heteroatoms. The Kier molecular flexibility index (Phi) is 4.44. The molecule has 0 bridgehead atoms. The SMILES string of the molecule is CCCC(=O)CC(=O)OC(F)(F)F. The fourth-order valence-corrected chi connectivity index (χ4v) is 0.693. The molecule has 0 saturated carbocycles. The highest BCUT2D eigenvalue weighted by atomic mass is 19.4. The number of rotatable bonds is 4.